The lowest BCUT2D eigenvalue weighted by Gasteiger charge is -2.20. The van der Waals surface area contributed by atoms with Crippen LogP contribution in [0.3, 0.4) is 0 Å². The summed E-state index contributed by atoms with van der Waals surface area (Å²) in [4.78, 5) is 26.4. The van der Waals surface area contributed by atoms with Crippen molar-refractivity contribution in [2.75, 3.05) is 5.32 Å². The molecule has 0 spiro atoms. The van der Waals surface area contributed by atoms with Gasteiger partial charge >= 0.3 is 0 Å². The molecule has 32 heavy (non-hydrogen) atoms. The minimum Gasteiger partial charge on any atom is -0.439 e. The highest BCUT2D eigenvalue weighted by Gasteiger charge is 2.29. The van der Waals surface area contributed by atoms with Gasteiger partial charge < -0.3 is 10.1 Å². The van der Waals surface area contributed by atoms with Crippen LogP contribution in [0.15, 0.2) is 82.1 Å². The molecule has 3 aromatic carbocycles. The highest BCUT2D eigenvalue weighted by atomic mass is 79.9. The molecule has 0 fully saturated rings. The van der Waals surface area contributed by atoms with Crippen molar-refractivity contribution in [2.45, 2.75) is 19.9 Å². The van der Waals surface area contributed by atoms with Gasteiger partial charge in [-0.05, 0) is 48.9 Å². The predicted octanol–water partition coefficient (Wildman–Crippen LogP) is 5.05. The fourth-order valence-electron chi connectivity index (χ4n) is 3.93. The number of rotatable bonds is 4. The summed E-state index contributed by atoms with van der Waals surface area (Å²) < 4.78 is 10.2. The first-order valence-electron chi connectivity index (χ1n) is 10.2. The molecule has 0 saturated carbocycles. The van der Waals surface area contributed by atoms with Crippen LogP contribution in [0, 0.1) is 6.92 Å². The standard InChI is InChI=1S/C25H20BrN3O3/c1-16-7-5-6-10-21(16)27-23(30)15-28-25-20(14-17-13-18(26)11-12-22(17)32-25)24(31)29(28)19-8-3-2-4-9-19/h2-13H,14-15H2,1H3,(H,27,30). The van der Waals surface area contributed by atoms with Gasteiger partial charge in [0, 0.05) is 22.1 Å². The topological polar surface area (TPSA) is 65.3 Å². The van der Waals surface area contributed by atoms with Crippen LogP contribution in [-0.2, 0) is 17.8 Å². The maximum Gasteiger partial charge on any atom is 0.278 e. The minimum atomic E-state index is -0.244. The normalized spacial score (nSPS) is 11.9. The van der Waals surface area contributed by atoms with Gasteiger partial charge in [-0.25, -0.2) is 9.36 Å². The summed E-state index contributed by atoms with van der Waals surface area (Å²) in [6, 6.07) is 22.6. The van der Waals surface area contributed by atoms with Crippen LogP contribution in [0.2, 0.25) is 0 Å². The van der Waals surface area contributed by atoms with Gasteiger partial charge in [-0.2, -0.15) is 0 Å². The molecule has 0 saturated heterocycles. The van der Waals surface area contributed by atoms with Crippen molar-refractivity contribution in [3.8, 4) is 17.3 Å². The van der Waals surface area contributed by atoms with Crippen molar-refractivity contribution in [1.82, 2.24) is 9.36 Å². The van der Waals surface area contributed by atoms with E-state index in [9.17, 15) is 9.59 Å². The Morgan fingerprint density at radius 2 is 1.81 bits per heavy atom. The number of fused-ring (bicyclic) bond motifs is 2. The Kier molecular flexibility index (Phi) is 5.19. The fraction of sp³-hybridized carbons (Fsp3) is 0.120. The van der Waals surface area contributed by atoms with Gasteiger partial charge in [-0.15, -0.1) is 0 Å². The van der Waals surface area contributed by atoms with Gasteiger partial charge in [0.1, 0.15) is 12.3 Å². The lowest BCUT2D eigenvalue weighted by atomic mass is 10.0. The Labute approximate surface area is 193 Å². The number of para-hydroxylation sites is 2. The van der Waals surface area contributed by atoms with E-state index in [1.54, 1.807) is 4.68 Å². The zero-order valence-corrected chi connectivity index (χ0v) is 18.9. The lowest BCUT2D eigenvalue weighted by molar-refractivity contribution is -0.117. The van der Waals surface area contributed by atoms with E-state index in [0.717, 1.165) is 21.3 Å². The van der Waals surface area contributed by atoms with E-state index in [4.69, 9.17) is 4.74 Å². The second-order valence-corrected chi connectivity index (χ2v) is 8.60. The number of ether oxygens (including phenoxy) is 1. The van der Waals surface area contributed by atoms with Crippen LogP contribution in [0.1, 0.15) is 16.7 Å². The summed E-state index contributed by atoms with van der Waals surface area (Å²) in [7, 11) is 0. The largest absolute Gasteiger partial charge is 0.439 e. The van der Waals surface area contributed by atoms with Gasteiger partial charge in [0.2, 0.25) is 11.8 Å². The third-order valence-electron chi connectivity index (χ3n) is 5.49. The first kappa shape index (κ1) is 20.3. The van der Waals surface area contributed by atoms with Gasteiger partial charge in [0.15, 0.2) is 0 Å². The Balaban J connectivity index is 1.58. The number of aromatic nitrogens is 2. The van der Waals surface area contributed by atoms with Crippen molar-refractivity contribution in [2.24, 2.45) is 0 Å². The molecule has 4 aromatic rings. The molecule has 0 atom stereocenters. The SMILES string of the molecule is Cc1ccccc1NC(=O)Cn1c2c(c(=O)n1-c1ccccc1)Cc1cc(Br)ccc1O2. The number of anilines is 1. The van der Waals surface area contributed by atoms with Crippen LogP contribution in [0.25, 0.3) is 5.69 Å². The highest BCUT2D eigenvalue weighted by Crippen LogP contribution is 2.37. The Hall–Kier alpha value is -3.58. The van der Waals surface area contributed by atoms with Crippen molar-refractivity contribution in [1.29, 1.82) is 0 Å². The summed E-state index contributed by atoms with van der Waals surface area (Å²) in [5.41, 5.74) is 3.63. The third-order valence-corrected chi connectivity index (χ3v) is 5.99. The second kappa shape index (κ2) is 8.16. The average molecular weight is 490 g/mol. The monoisotopic (exact) mass is 489 g/mol. The molecule has 7 heteroatoms. The Morgan fingerprint density at radius 1 is 1.06 bits per heavy atom. The zero-order chi connectivity index (χ0) is 22.2. The average Bonchev–Trinajstić information content (AvgIpc) is 3.05. The molecule has 1 aliphatic rings. The number of nitrogens with one attached hydrogen (secondary N) is 1. The number of aryl methyl sites for hydroxylation is 1. The second-order valence-electron chi connectivity index (χ2n) is 7.69. The number of benzene rings is 3. The first-order chi connectivity index (χ1) is 15.5. The molecule has 1 amide bonds. The summed E-state index contributed by atoms with van der Waals surface area (Å²) in [6.07, 6.45) is 0.433. The van der Waals surface area contributed by atoms with Gasteiger partial charge in [-0.3, -0.25) is 9.59 Å². The van der Waals surface area contributed by atoms with Crippen molar-refractivity contribution in [3.05, 3.63) is 104 Å². The third kappa shape index (κ3) is 3.65. The van der Waals surface area contributed by atoms with Crippen LogP contribution >= 0.6 is 15.9 Å². The van der Waals surface area contributed by atoms with Crippen molar-refractivity contribution < 1.29 is 9.53 Å². The molecule has 0 aliphatic carbocycles. The summed E-state index contributed by atoms with van der Waals surface area (Å²) in [6.45, 7) is 1.87. The number of hydrogen-bond acceptors (Lipinski definition) is 3. The quantitative estimate of drug-likeness (QED) is 0.384. The zero-order valence-electron chi connectivity index (χ0n) is 17.3. The molecule has 0 bridgehead atoms. The maximum atomic E-state index is 13.4. The summed E-state index contributed by atoms with van der Waals surface area (Å²) >= 11 is 3.48. The molecule has 0 unspecified atom stereocenters. The van der Waals surface area contributed by atoms with E-state index in [2.05, 4.69) is 21.2 Å². The molecule has 1 N–H and O–H groups in total. The van der Waals surface area contributed by atoms with Crippen LogP contribution in [-0.4, -0.2) is 15.3 Å². The summed E-state index contributed by atoms with van der Waals surface area (Å²) in [5, 5.41) is 2.94. The van der Waals surface area contributed by atoms with Crippen LogP contribution in [0.5, 0.6) is 11.6 Å². The molecule has 1 aromatic heterocycles. The van der Waals surface area contributed by atoms with Crippen molar-refractivity contribution in [3.63, 3.8) is 0 Å². The summed E-state index contributed by atoms with van der Waals surface area (Å²) in [5.74, 6) is 0.833. The van der Waals surface area contributed by atoms with Gasteiger partial charge in [0.25, 0.3) is 5.56 Å². The molecule has 160 valence electrons. The predicted molar refractivity (Wildman–Crippen MR) is 127 cm³/mol. The van der Waals surface area contributed by atoms with Gasteiger partial charge in [0.05, 0.1) is 11.3 Å². The maximum absolute atomic E-state index is 13.4. The Bertz CT molecular complexity index is 1390. The first-order valence-corrected chi connectivity index (χ1v) is 11.0. The molecule has 5 rings (SSSR count). The molecule has 0 radical (unpaired) electrons. The number of nitrogens with zero attached hydrogens (tertiary/aromatic N) is 2. The fourth-order valence-corrected chi connectivity index (χ4v) is 4.34. The molecular formula is C25H20BrN3O3. The molecular weight excluding hydrogens is 470 g/mol. The smallest absolute Gasteiger partial charge is 0.278 e. The molecule has 2 heterocycles. The Morgan fingerprint density at radius 3 is 2.59 bits per heavy atom. The number of carbonyl (C=O) groups is 1. The number of carbonyl (C=O) groups excluding carboxylic acids is 1. The molecule has 6 nitrogen and oxygen atoms in total. The number of halogens is 1. The minimum absolute atomic E-state index is 0.0698. The lowest BCUT2D eigenvalue weighted by Crippen LogP contribution is -2.27. The van der Waals surface area contributed by atoms with E-state index in [-0.39, 0.29) is 18.0 Å². The van der Waals surface area contributed by atoms with E-state index >= 15 is 0 Å². The number of amides is 1. The molecule has 1 aliphatic heterocycles. The van der Waals surface area contributed by atoms with Gasteiger partial charge in [-0.1, -0.05) is 52.3 Å². The van der Waals surface area contributed by atoms with Crippen molar-refractivity contribution >= 4 is 27.5 Å². The van der Waals surface area contributed by atoms with E-state index < -0.39 is 0 Å². The van der Waals surface area contributed by atoms with E-state index in [1.807, 2.05) is 79.7 Å². The van der Waals surface area contributed by atoms with E-state index in [1.165, 1.54) is 4.68 Å². The van der Waals surface area contributed by atoms with Crippen LogP contribution < -0.4 is 15.6 Å². The number of hydrogen-bond donors (Lipinski definition) is 1. The van der Waals surface area contributed by atoms with Crippen LogP contribution in [0.4, 0.5) is 5.69 Å². The van der Waals surface area contributed by atoms with E-state index in [0.29, 0.717) is 29.3 Å². The highest BCUT2D eigenvalue weighted by molar-refractivity contribution is 9.10.